The molecule has 0 radical (unpaired) electrons. The van der Waals surface area contributed by atoms with E-state index in [9.17, 15) is 9.90 Å². The molecule has 0 spiro atoms. The number of nitrogens with one attached hydrogen (secondary N) is 2. The Morgan fingerprint density at radius 2 is 2.22 bits per heavy atom. The molecular formula is C20H16ClN9O2. The van der Waals surface area contributed by atoms with Crippen LogP contribution in [0.3, 0.4) is 0 Å². The van der Waals surface area contributed by atoms with Gasteiger partial charge in [-0.1, -0.05) is 11.6 Å². The van der Waals surface area contributed by atoms with E-state index in [-0.39, 0.29) is 22.6 Å². The summed E-state index contributed by atoms with van der Waals surface area (Å²) < 4.78 is 2.70. The van der Waals surface area contributed by atoms with E-state index in [0.29, 0.717) is 33.6 Å². The second-order valence-corrected chi connectivity index (χ2v) is 7.76. The minimum absolute atomic E-state index is 0.194. The number of aromatic nitrogens is 6. The van der Waals surface area contributed by atoms with Gasteiger partial charge in [0.15, 0.2) is 11.1 Å². The van der Waals surface area contributed by atoms with Crippen molar-refractivity contribution in [1.82, 2.24) is 29.1 Å². The summed E-state index contributed by atoms with van der Waals surface area (Å²) in [6, 6.07) is 5.47. The molecule has 1 aliphatic carbocycles. The Labute approximate surface area is 185 Å². The molecule has 0 saturated heterocycles. The molecule has 5 rings (SSSR count). The first-order valence-corrected chi connectivity index (χ1v) is 10.1. The molecule has 4 heterocycles. The number of anilines is 2. The highest BCUT2D eigenvalue weighted by Crippen LogP contribution is 2.24. The van der Waals surface area contributed by atoms with Crippen LogP contribution < -0.4 is 21.7 Å². The zero-order valence-electron chi connectivity index (χ0n) is 16.7. The Hall–Kier alpha value is -4.17. The molecule has 160 valence electrons. The minimum Gasteiger partial charge on any atom is -0.493 e. The van der Waals surface area contributed by atoms with Gasteiger partial charge in [0.25, 0.3) is 0 Å². The number of hydrogen-bond acceptors (Lipinski definition) is 8. The fraction of sp³-hybridized carbons (Fsp3) is 0.200. The summed E-state index contributed by atoms with van der Waals surface area (Å²) in [4.78, 5) is 27.9. The number of aromatic amines is 1. The van der Waals surface area contributed by atoms with Crippen LogP contribution in [0.1, 0.15) is 24.1 Å². The molecule has 1 aliphatic rings. The van der Waals surface area contributed by atoms with Crippen molar-refractivity contribution in [3.8, 4) is 11.9 Å². The van der Waals surface area contributed by atoms with E-state index in [4.69, 9.17) is 21.9 Å². The molecule has 0 atom stereocenters. The van der Waals surface area contributed by atoms with E-state index in [1.54, 1.807) is 22.9 Å². The van der Waals surface area contributed by atoms with E-state index < -0.39 is 5.69 Å². The Kier molecular flexibility index (Phi) is 4.64. The Balaban J connectivity index is 1.67. The normalized spacial score (nSPS) is 14.8. The highest BCUT2D eigenvalue weighted by atomic mass is 35.5. The van der Waals surface area contributed by atoms with Crippen LogP contribution in [0.2, 0.25) is 5.02 Å². The van der Waals surface area contributed by atoms with Gasteiger partial charge >= 0.3 is 5.69 Å². The third-order valence-electron chi connectivity index (χ3n) is 4.96. The maximum absolute atomic E-state index is 11.8. The van der Waals surface area contributed by atoms with Gasteiger partial charge in [0.2, 0.25) is 5.88 Å². The fourth-order valence-electron chi connectivity index (χ4n) is 3.11. The zero-order chi connectivity index (χ0) is 22.4. The summed E-state index contributed by atoms with van der Waals surface area (Å²) in [5, 5.41) is 27.5. The molecule has 0 unspecified atom stereocenters. The third kappa shape index (κ3) is 3.57. The van der Waals surface area contributed by atoms with Crippen LogP contribution in [0, 0.1) is 11.3 Å². The van der Waals surface area contributed by atoms with Gasteiger partial charge in [-0.15, -0.1) is 0 Å². The summed E-state index contributed by atoms with van der Waals surface area (Å²) in [6.07, 6.45) is 6.60. The van der Waals surface area contributed by atoms with Crippen molar-refractivity contribution >= 4 is 35.0 Å². The quantitative estimate of drug-likeness (QED) is 0.415. The fourth-order valence-corrected chi connectivity index (χ4v) is 3.33. The van der Waals surface area contributed by atoms with Gasteiger partial charge in [-0.05, 0) is 25.0 Å². The summed E-state index contributed by atoms with van der Waals surface area (Å²) in [5.41, 5.74) is 1.20. The molecule has 0 aliphatic heterocycles. The second kappa shape index (κ2) is 7.51. The number of fused-ring (bicyclic) bond motifs is 1. The van der Waals surface area contributed by atoms with Gasteiger partial charge in [-0.2, -0.15) is 14.9 Å². The lowest BCUT2D eigenvalue weighted by atomic mass is 10.3. The SMILES string of the molecule is Cn1c(O)c(/C=c2/cnn3c(=NC4CC4)cc(Nc4ncc(C#N)cc4Cl)nc23)[nH]c1=O. The lowest BCUT2D eigenvalue weighted by Crippen LogP contribution is -2.20. The number of H-pyrrole nitrogens is 1. The summed E-state index contributed by atoms with van der Waals surface area (Å²) in [7, 11) is 1.46. The van der Waals surface area contributed by atoms with E-state index in [1.165, 1.54) is 19.3 Å². The molecule has 4 aromatic heterocycles. The molecule has 32 heavy (non-hydrogen) atoms. The molecule has 4 aromatic rings. The summed E-state index contributed by atoms with van der Waals surface area (Å²) >= 11 is 6.25. The highest BCUT2D eigenvalue weighted by Gasteiger charge is 2.20. The number of aromatic hydroxyl groups is 1. The van der Waals surface area contributed by atoms with Gasteiger partial charge in [0, 0.05) is 24.5 Å². The van der Waals surface area contributed by atoms with Crippen LogP contribution in [0.25, 0.3) is 11.7 Å². The predicted molar refractivity (Wildman–Crippen MR) is 115 cm³/mol. The summed E-state index contributed by atoms with van der Waals surface area (Å²) in [5.74, 6) is 0.576. The molecule has 0 aromatic carbocycles. The first-order chi connectivity index (χ1) is 15.4. The minimum atomic E-state index is -0.438. The molecular weight excluding hydrogens is 434 g/mol. The lowest BCUT2D eigenvalue weighted by Gasteiger charge is -2.07. The lowest BCUT2D eigenvalue weighted by molar-refractivity contribution is 0.428. The summed E-state index contributed by atoms with van der Waals surface area (Å²) in [6.45, 7) is 0. The molecule has 11 nitrogen and oxygen atoms in total. The first kappa shape index (κ1) is 19.8. The van der Waals surface area contributed by atoms with Gasteiger partial charge in [-0.25, -0.2) is 14.8 Å². The molecule has 0 amide bonds. The molecule has 0 bridgehead atoms. The van der Waals surface area contributed by atoms with Crippen LogP contribution in [0.15, 0.2) is 34.3 Å². The number of nitriles is 1. The number of halogens is 1. The zero-order valence-corrected chi connectivity index (χ0v) is 17.5. The number of rotatable bonds is 4. The van der Waals surface area contributed by atoms with Crippen LogP contribution >= 0.6 is 11.6 Å². The van der Waals surface area contributed by atoms with Crippen LogP contribution in [-0.2, 0) is 7.05 Å². The largest absolute Gasteiger partial charge is 0.493 e. The topological polar surface area (TPSA) is 149 Å². The smallest absolute Gasteiger partial charge is 0.328 e. The van der Waals surface area contributed by atoms with Crippen molar-refractivity contribution in [3.05, 3.63) is 62.0 Å². The second-order valence-electron chi connectivity index (χ2n) is 7.36. The number of nitrogens with zero attached hydrogens (tertiary/aromatic N) is 7. The van der Waals surface area contributed by atoms with Crippen molar-refractivity contribution in [2.24, 2.45) is 12.0 Å². The van der Waals surface area contributed by atoms with Crippen LogP contribution in [0.4, 0.5) is 11.6 Å². The highest BCUT2D eigenvalue weighted by molar-refractivity contribution is 6.33. The molecule has 3 N–H and O–H groups in total. The van der Waals surface area contributed by atoms with Crippen molar-refractivity contribution in [3.63, 3.8) is 0 Å². The third-order valence-corrected chi connectivity index (χ3v) is 5.25. The average molecular weight is 450 g/mol. The van der Waals surface area contributed by atoms with Gasteiger partial charge < -0.3 is 15.4 Å². The number of pyridine rings is 1. The predicted octanol–water partition coefficient (Wildman–Crippen LogP) is 0.736. The average Bonchev–Trinajstić information content (AvgIpc) is 3.46. The maximum atomic E-state index is 11.8. The van der Waals surface area contributed by atoms with Crippen molar-refractivity contribution < 1.29 is 5.11 Å². The number of hydrogen-bond donors (Lipinski definition) is 3. The molecule has 1 saturated carbocycles. The van der Waals surface area contributed by atoms with Gasteiger partial charge in [0.1, 0.15) is 23.4 Å². The van der Waals surface area contributed by atoms with Gasteiger partial charge in [0.05, 0.1) is 22.8 Å². The first-order valence-electron chi connectivity index (χ1n) is 9.68. The van der Waals surface area contributed by atoms with E-state index in [0.717, 1.165) is 17.4 Å². The molecule has 12 heteroatoms. The maximum Gasteiger partial charge on any atom is 0.328 e. The number of imidazole rings is 1. The van der Waals surface area contributed by atoms with Crippen molar-refractivity contribution in [1.29, 1.82) is 5.26 Å². The van der Waals surface area contributed by atoms with Gasteiger partial charge in [-0.3, -0.25) is 9.56 Å². The monoisotopic (exact) mass is 449 g/mol. The van der Waals surface area contributed by atoms with Crippen molar-refractivity contribution in [2.45, 2.75) is 18.9 Å². The standard InChI is InChI=1S/C20H16ClN9O2/c1-29-19(31)14(26-20(29)32)5-11-9-24-30-16(25-12-2-3-12)6-15(28-18(11)30)27-17-13(21)4-10(7-22)8-23-17/h4-6,8-9,12,31H,2-3H2,1H3,(H,23,27)(H,26,32)/b11-5-,25-16?. The van der Waals surface area contributed by atoms with Crippen LogP contribution in [-0.4, -0.2) is 40.3 Å². The van der Waals surface area contributed by atoms with E-state index in [1.807, 2.05) is 6.07 Å². The van der Waals surface area contributed by atoms with Crippen LogP contribution in [0.5, 0.6) is 5.88 Å². The van der Waals surface area contributed by atoms with Crippen molar-refractivity contribution in [2.75, 3.05) is 5.32 Å². The Morgan fingerprint density at radius 3 is 2.88 bits per heavy atom. The Bertz CT molecular complexity index is 1590. The van der Waals surface area contributed by atoms with E-state index >= 15 is 0 Å². The molecule has 1 fully saturated rings. The van der Waals surface area contributed by atoms with E-state index in [2.05, 4.69) is 25.4 Å². The Morgan fingerprint density at radius 1 is 1.41 bits per heavy atom.